The first-order valence-electron chi connectivity index (χ1n) is 8.79. The number of hydrogen-bond donors (Lipinski definition) is 1. The van der Waals surface area contributed by atoms with Crippen molar-refractivity contribution in [3.8, 4) is 5.75 Å². The molecule has 2 nitrogen and oxygen atoms in total. The highest BCUT2D eigenvalue weighted by Crippen LogP contribution is 2.51. The number of ether oxygens (including phenoxy) is 1. The number of thiol groups is 1. The molecule has 0 saturated heterocycles. The number of thiophene rings is 1. The predicted molar refractivity (Wildman–Crippen MR) is 138 cm³/mol. The third-order valence-electron chi connectivity index (χ3n) is 4.18. The fraction of sp³-hybridized carbons (Fsp3) is 0. The summed E-state index contributed by atoms with van der Waals surface area (Å²) < 4.78 is 7.61. The minimum Gasteiger partial charge on any atom is -0.422 e. The Morgan fingerprint density at radius 3 is 1.76 bits per heavy atom. The van der Waals surface area contributed by atoms with E-state index in [-0.39, 0.29) is 5.97 Å². The molecule has 0 spiro atoms. The average molecular weight is 642 g/mol. The van der Waals surface area contributed by atoms with Crippen LogP contribution in [0.1, 0.15) is 9.67 Å². The second-order valence-electron chi connectivity index (χ2n) is 6.12. The molecule has 0 bridgehead atoms. The first-order valence-corrected chi connectivity index (χ1v) is 13.1. The number of hydrogen-bond acceptors (Lipinski definition) is 3. The van der Waals surface area contributed by atoms with Crippen molar-refractivity contribution in [3.05, 3.63) is 102 Å². The maximum Gasteiger partial charge on any atom is 0.354 e. The van der Waals surface area contributed by atoms with Crippen molar-refractivity contribution in [1.29, 1.82) is 0 Å². The summed E-state index contributed by atoms with van der Waals surface area (Å²) in [6.07, 6.45) is 0. The highest BCUT2D eigenvalue weighted by Gasteiger charge is 2.17. The Labute approximate surface area is 203 Å². The normalized spacial score (nSPS) is 11.2. The smallest absolute Gasteiger partial charge is 0.354 e. The maximum absolute atomic E-state index is 12.5. The topological polar surface area (TPSA) is 26.3 Å². The summed E-state index contributed by atoms with van der Waals surface area (Å²) in [5.41, 5.74) is 0. The van der Waals surface area contributed by atoms with Gasteiger partial charge in [-0.05, 0) is 114 Å². The van der Waals surface area contributed by atoms with Gasteiger partial charge in [-0.3, -0.25) is 0 Å². The molecule has 0 radical (unpaired) electrons. The minimum atomic E-state index is -0.665. The quantitative estimate of drug-likeness (QED) is 0.105. The lowest BCUT2D eigenvalue weighted by molar-refractivity contribution is 0.0739. The summed E-state index contributed by atoms with van der Waals surface area (Å²) in [5.74, 6) is 0.262. The van der Waals surface area contributed by atoms with Crippen LogP contribution in [-0.2, 0) is 0 Å². The first-order chi connectivity index (χ1) is 14.1. The summed E-state index contributed by atoms with van der Waals surface area (Å²) in [6, 6.07) is 31.0. The Morgan fingerprint density at radius 2 is 1.28 bits per heavy atom. The van der Waals surface area contributed by atoms with Gasteiger partial charge in [0.25, 0.3) is 0 Å². The molecule has 146 valence electrons. The molecule has 0 N–H and O–H groups in total. The van der Waals surface area contributed by atoms with Crippen LogP contribution >= 0.6 is 67.4 Å². The van der Waals surface area contributed by atoms with E-state index in [0.29, 0.717) is 10.6 Å². The zero-order chi connectivity index (χ0) is 20.2. The van der Waals surface area contributed by atoms with Crippen molar-refractivity contribution < 1.29 is 9.53 Å². The molecule has 0 amide bonds. The lowest BCUT2D eigenvalue weighted by Gasteiger charge is -2.23. The fourth-order valence-electron chi connectivity index (χ4n) is 2.90. The molecule has 0 aliphatic carbocycles. The zero-order valence-electron chi connectivity index (χ0n) is 15.1. The number of carbonyl (C=O) groups excluding carboxylic acids is 1. The number of rotatable bonds is 5. The van der Waals surface area contributed by atoms with Crippen LogP contribution in [0.25, 0.3) is 0 Å². The molecule has 3 aromatic carbocycles. The van der Waals surface area contributed by atoms with E-state index in [9.17, 15) is 4.79 Å². The van der Waals surface area contributed by atoms with Crippen molar-refractivity contribution in [1.82, 2.24) is 0 Å². The van der Waals surface area contributed by atoms with Crippen molar-refractivity contribution in [2.24, 2.45) is 0 Å². The van der Waals surface area contributed by atoms with Gasteiger partial charge in [0.15, 0.2) is 0 Å². The monoisotopic (exact) mass is 642 g/mol. The lowest BCUT2D eigenvalue weighted by Crippen LogP contribution is -2.07. The Kier molecular flexibility index (Phi) is 6.94. The number of esters is 1. The van der Waals surface area contributed by atoms with Crippen LogP contribution in [0.4, 0.5) is 0 Å². The van der Waals surface area contributed by atoms with Gasteiger partial charge in [0.2, 0.25) is 0 Å². The third kappa shape index (κ3) is 5.04. The average Bonchev–Trinajstić information content (AvgIpc) is 3.09. The van der Waals surface area contributed by atoms with Gasteiger partial charge in [-0.2, -0.15) is 10.9 Å². The molecule has 0 aliphatic rings. The van der Waals surface area contributed by atoms with Crippen LogP contribution in [0.2, 0.25) is 0 Å². The van der Waals surface area contributed by atoms with Gasteiger partial charge >= 0.3 is 5.97 Å². The van der Waals surface area contributed by atoms with Crippen LogP contribution < -0.4 is 4.74 Å². The van der Waals surface area contributed by atoms with Crippen molar-refractivity contribution in [3.63, 3.8) is 0 Å². The SMILES string of the molecule is O=C(Oc1ccc([SH](c2ccccc2)c2ccccc2)cc1)c1sc(I)cc1I. The molecule has 1 aromatic heterocycles. The van der Waals surface area contributed by atoms with E-state index in [2.05, 4.69) is 106 Å². The molecule has 4 aromatic rings. The Morgan fingerprint density at radius 1 is 0.759 bits per heavy atom. The third-order valence-corrected chi connectivity index (χ3v) is 9.71. The summed E-state index contributed by atoms with van der Waals surface area (Å²) in [7, 11) is -0.665. The first kappa shape index (κ1) is 20.9. The molecule has 0 aliphatic heterocycles. The van der Waals surface area contributed by atoms with Gasteiger partial charge in [-0.15, -0.1) is 11.3 Å². The van der Waals surface area contributed by atoms with Gasteiger partial charge in [-0.25, -0.2) is 4.79 Å². The molecule has 0 saturated carbocycles. The molecule has 1 heterocycles. The van der Waals surface area contributed by atoms with Crippen molar-refractivity contribution in [2.75, 3.05) is 0 Å². The van der Waals surface area contributed by atoms with Gasteiger partial charge in [0.1, 0.15) is 10.6 Å². The summed E-state index contributed by atoms with van der Waals surface area (Å²) in [4.78, 5) is 16.9. The molecule has 29 heavy (non-hydrogen) atoms. The van der Waals surface area contributed by atoms with Crippen LogP contribution in [0, 0.1) is 6.45 Å². The fourth-order valence-corrected chi connectivity index (χ4v) is 8.47. The summed E-state index contributed by atoms with van der Waals surface area (Å²) in [5, 5.41) is 0. The van der Waals surface area contributed by atoms with Crippen molar-refractivity contribution >= 4 is 73.4 Å². The lowest BCUT2D eigenvalue weighted by atomic mass is 10.3. The summed E-state index contributed by atoms with van der Waals surface area (Å²) in [6.45, 7) is 0. The maximum atomic E-state index is 12.5. The van der Waals surface area contributed by atoms with Crippen LogP contribution in [0.5, 0.6) is 5.75 Å². The van der Waals surface area contributed by atoms with Crippen LogP contribution in [-0.4, -0.2) is 5.97 Å². The highest BCUT2D eigenvalue weighted by molar-refractivity contribution is 14.1. The Bertz CT molecular complexity index is 1070. The van der Waals surface area contributed by atoms with E-state index in [1.165, 1.54) is 26.0 Å². The largest absolute Gasteiger partial charge is 0.422 e. The second kappa shape index (κ2) is 9.63. The second-order valence-corrected chi connectivity index (χ2v) is 12.4. The number of carbonyl (C=O) groups is 1. The summed E-state index contributed by atoms with van der Waals surface area (Å²) >= 11 is 5.85. The van der Waals surface area contributed by atoms with Gasteiger partial charge in [-0.1, -0.05) is 36.4 Å². The van der Waals surface area contributed by atoms with Crippen molar-refractivity contribution in [2.45, 2.75) is 14.7 Å². The van der Waals surface area contributed by atoms with E-state index in [4.69, 9.17) is 4.74 Å². The molecule has 4 rings (SSSR count). The Hall–Kier alpha value is -1.36. The van der Waals surface area contributed by atoms with Gasteiger partial charge in [0.05, 0.1) is 2.88 Å². The van der Waals surface area contributed by atoms with E-state index >= 15 is 0 Å². The predicted octanol–water partition coefficient (Wildman–Crippen LogP) is 7.65. The van der Waals surface area contributed by atoms with E-state index in [0.717, 1.165) is 6.45 Å². The molecule has 6 heteroatoms. The Balaban J connectivity index is 1.61. The standard InChI is InChI=1S/C23H16I2O2S2/c24-20-15-21(25)28-22(20)23(26)27-16-11-13-19(14-12-16)29(17-7-3-1-4-8-17)18-9-5-2-6-10-18/h1-15,29H. The zero-order valence-corrected chi connectivity index (χ0v) is 21.1. The molecular weight excluding hydrogens is 626 g/mol. The minimum absolute atomic E-state index is 0.302. The van der Waals surface area contributed by atoms with Crippen LogP contribution in [0.15, 0.2) is 106 Å². The van der Waals surface area contributed by atoms with Gasteiger partial charge in [0, 0.05) is 3.57 Å². The molecule has 0 unspecified atom stereocenters. The van der Waals surface area contributed by atoms with E-state index < -0.39 is 10.9 Å². The molecular formula is C23H16I2O2S2. The van der Waals surface area contributed by atoms with Gasteiger partial charge < -0.3 is 4.74 Å². The highest BCUT2D eigenvalue weighted by atomic mass is 127. The van der Waals surface area contributed by atoms with Crippen LogP contribution in [0.3, 0.4) is 0 Å². The number of halogens is 2. The molecule has 0 atom stereocenters. The number of benzene rings is 3. The van der Waals surface area contributed by atoms with E-state index in [1.54, 1.807) is 0 Å². The molecule has 0 fully saturated rings. The van der Waals surface area contributed by atoms with E-state index in [1.807, 2.05) is 30.3 Å².